The maximum Gasteiger partial charge on any atom is 0.191 e. The molecule has 0 fully saturated rings. The normalized spacial score (nSPS) is 10.4. The fourth-order valence-corrected chi connectivity index (χ4v) is 2.29. The maximum atomic E-state index is 5.63. The number of nitrogens with one attached hydrogen (secondary N) is 2. The van der Waals surface area contributed by atoms with Crippen LogP contribution in [0.15, 0.2) is 47.6 Å². The predicted molar refractivity (Wildman–Crippen MR) is 109 cm³/mol. The number of hydrazone groups is 1. The number of hydrogen-bond donors (Lipinski definition) is 2. The molecule has 0 spiro atoms. The third-order valence-electron chi connectivity index (χ3n) is 3.36. The lowest BCUT2D eigenvalue weighted by Crippen LogP contribution is -2.23. The smallest absolute Gasteiger partial charge is 0.191 e. The van der Waals surface area contributed by atoms with Gasteiger partial charge in [0.1, 0.15) is 5.75 Å². The van der Waals surface area contributed by atoms with Gasteiger partial charge in [0.2, 0.25) is 0 Å². The summed E-state index contributed by atoms with van der Waals surface area (Å²) in [5.41, 5.74) is 4.46. The molecule has 0 aliphatic rings. The lowest BCUT2D eigenvalue weighted by Gasteiger charge is -2.10. The van der Waals surface area contributed by atoms with E-state index in [1.807, 2.05) is 42.5 Å². The number of benzene rings is 2. The van der Waals surface area contributed by atoms with Crippen molar-refractivity contribution in [2.24, 2.45) is 5.10 Å². The van der Waals surface area contributed by atoms with Crippen LogP contribution in [0.25, 0.3) is 0 Å². The van der Waals surface area contributed by atoms with E-state index in [-0.39, 0.29) is 0 Å². The van der Waals surface area contributed by atoms with E-state index in [9.17, 15) is 0 Å². The van der Waals surface area contributed by atoms with Crippen LogP contribution in [0.4, 0.5) is 5.69 Å². The van der Waals surface area contributed by atoms with E-state index in [1.165, 1.54) is 0 Å². The Hall–Kier alpha value is -2.80. The van der Waals surface area contributed by atoms with Crippen molar-refractivity contribution in [3.63, 3.8) is 0 Å². The average Bonchev–Trinajstić information content (AvgIpc) is 2.66. The van der Waals surface area contributed by atoms with Crippen molar-refractivity contribution in [3.8, 4) is 17.2 Å². The van der Waals surface area contributed by atoms with E-state index in [0.29, 0.717) is 17.5 Å². The lowest BCUT2D eigenvalue weighted by molar-refractivity contribution is 0.294. The van der Waals surface area contributed by atoms with Crippen LogP contribution in [0.5, 0.6) is 17.2 Å². The number of rotatable bonds is 8. The average molecular weight is 373 g/mol. The van der Waals surface area contributed by atoms with Gasteiger partial charge in [-0.05, 0) is 54.5 Å². The first-order valence-electron chi connectivity index (χ1n) is 8.21. The standard InChI is InChI=1S/C19H23N3O3S/c1-4-10-25-17-9-8-14(11-18(17)24-3)13-20-22-19(26)21-15-6-5-7-16(12-15)23-2/h5-9,11-13H,4,10H2,1-3H3,(H2,21,22,26)/b20-13-. The highest BCUT2D eigenvalue weighted by molar-refractivity contribution is 7.80. The molecule has 2 rings (SSSR count). The maximum absolute atomic E-state index is 5.63. The van der Waals surface area contributed by atoms with Crippen molar-refractivity contribution in [2.75, 3.05) is 26.1 Å². The molecule has 138 valence electrons. The summed E-state index contributed by atoms with van der Waals surface area (Å²) in [6, 6.07) is 13.1. The first-order chi connectivity index (χ1) is 12.7. The molecule has 2 N–H and O–H groups in total. The van der Waals surface area contributed by atoms with E-state index >= 15 is 0 Å². The molecule has 0 saturated heterocycles. The zero-order valence-corrected chi connectivity index (χ0v) is 15.9. The van der Waals surface area contributed by atoms with Crippen LogP contribution in [-0.2, 0) is 0 Å². The Morgan fingerprint density at radius 2 is 1.96 bits per heavy atom. The molecule has 0 saturated carbocycles. The molecule has 0 radical (unpaired) electrons. The summed E-state index contributed by atoms with van der Waals surface area (Å²) in [4.78, 5) is 0. The first kappa shape index (κ1) is 19.5. The summed E-state index contributed by atoms with van der Waals surface area (Å²) in [6.45, 7) is 2.71. The van der Waals surface area contributed by atoms with Crippen molar-refractivity contribution >= 4 is 29.2 Å². The molecule has 7 heteroatoms. The van der Waals surface area contributed by atoms with Crippen molar-refractivity contribution in [1.82, 2.24) is 5.43 Å². The molecule has 0 unspecified atom stereocenters. The van der Waals surface area contributed by atoms with E-state index in [2.05, 4.69) is 22.8 Å². The molecule has 0 aliphatic heterocycles. The number of ether oxygens (including phenoxy) is 3. The number of thiocarbonyl (C=S) groups is 1. The largest absolute Gasteiger partial charge is 0.497 e. The highest BCUT2D eigenvalue weighted by atomic mass is 32.1. The summed E-state index contributed by atoms with van der Waals surface area (Å²) in [5, 5.41) is 7.56. The van der Waals surface area contributed by atoms with Crippen LogP contribution in [0.2, 0.25) is 0 Å². The molecule has 0 heterocycles. The van der Waals surface area contributed by atoms with Gasteiger partial charge in [-0.15, -0.1) is 0 Å². The minimum Gasteiger partial charge on any atom is -0.497 e. The molecule has 0 aromatic heterocycles. The zero-order chi connectivity index (χ0) is 18.8. The monoisotopic (exact) mass is 373 g/mol. The Bertz CT molecular complexity index is 765. The second-order valence-corrected chi connectivity index (χ2v) is 5.72. The van der Waals surface area contributed by atoms with Gasteiger partial charge < -0.3 is 19.5 Å². The van der Waals surface area contributed by atoms with Crippen LogP contribution in [0.3, 0.4) is 0 Å². The number of anilines is 1. The predicted octanol–water partition coefficient (Wildman–Crippen LogP) is 3.81. The van der Waals surface area contributed by atoms with Gasteiger partial charge >= 0.3 is 0 Å². The molecule has 0 atom stereocenters. The second kappa shape index (κ2) is 10.2. The molecule has 0 bridgehead atoms. The van der Waals surface area contributed by atoms with Crippen molar-refractivity contribution in [1.29, 1.82) is 0 Å². The second-order valence-electron chi connectivity index (χ2n) is 5.31. The Morgan fingerprint density at radius 3 is 2.69 bits per heavy atom. The van der Waals surface area contributed by atoms with Gasteiger partial charge in [0.05, 0.1) is 27.0 Å². The third kappa shape index (κ3) is 5.93. The Balaban J connectivity index is 1.93. The SMILES string of the molecule is CCCOc1ccc(/C=N\NC(=S)Nc2cccc(OC)c2)cc1OC. The molecule has 26 heavy (non-hydrogen) atoms. The van der Waals surface area contributed by atoms with Crippen LogP contribution in [-0.4, -0.2) is 32.2 Å². The molecule has 6 nitrogen and oxygen atoms in total. The van der Waals surface area contributed by atoms with E-state index in [1.54, 1.807) is 20.4 Å². The molecule has 2 aromatic rings. The molecular weight excluding hydrogens is 350 g/mol. The first-order valence-corrected chi connectivity index (χ1v) is 8.62. The topological polar surface area (TPSA) is 64.1 Å². The van der Waals surface area contributed by atoms with Crippen LogP contribution in [0, 0.1) is 0 Å². The van der Waals surface area contributed by atoms with E-state index < -0.39 is 0 Å². The van der Waals surface area contributed by atoms with Gasteiger partial charge in [0.25, 0.3) is 0 Å². The molecule has 2 aromatic carbocycles. The Kier molecular flexibility index (Phi) is 7.70. The highest BCUT2D eigenvalue weighted by Gasteiger charge is 2.04. The fraction of sp³-hybridized carbons (Fsp3) is 0.263. The van der Waals surface area contributed by atoms with Gasteiger partial charge in [-0.3, -0.25) is 5.43 Å². The van der Waals surface area contributed by atoms with Gasteiger partial charge in [0, 0.05) is 11.8 Å². The van der Waals surface area contributed by atoms with Gasteiger partial charge in [-0.2, -0.15) is 5.10 Å². The van der Waals surface area contributed by atoms with Gasteiger partial charge in [-0.25, -0.2) is 0 Å². The van der Waals surface area contributed by atoms with Crippen molar-refractivity contribution in [3.05, 3.63) is 48.0 Å². The molecule has 0 amide bonds. The lowest BCUT2D eigenvalue weighted by atomic mass is 10.2. The fourth-order valence-electron chi connectivity index (χ4n) is 2.12. The molecule has 0 aliphatic carbocycles. The van der Waals surface area contributed by atoms with Gasteiger partial charge in [0.15, 0.2) is 16.6 Å². The number of hydrogen-bond acceptors (Lipinski definition) is 5. The van der Waals surface area contributed by atoms with E-state index in [0.717, 1.165) is 29.2 Å². The summed E-state index contributed by atoms with van der Waals surface area (Å²) in [6.07, 6.45) is 2.60. The highest BCUT2D eigenvalue weighted by Crippen LogP contribution is 2.27. The van der Waals surface area contributed by atoms with Crippen LogP contribution in [0.1, 0.15) is 18.9 Å². The number of methoxy groups -OCH3 is 2. The minimum absolute atomic E-state index is 0.379. The van der Waals surface area contributed by atoms with Crippen molar-refractivity contribution in [2.45, 2.75) is 13.3 Å². The Labute approximate surface area is 159 Å². The summed E-state index contributed by atoms with van der Waals surface area (Å²) in [5.74, 6) is 2.13. The summed E-state index contributed by atoms with van der Waals surface area (Å²) < 4.78 is 16.2. The van der Waals surface area contributed by atoms with E-state index in [4.69, 9.17) is 26.4 Å². The Morgan fingerprint density at radius 1 is 1.12 bits per heavy atom. The summed E-state index contributed by atoms with van der Waals surface area (Å²) in [7, 11) is 3.23. The zero-order valence-electron chi connectivity index (χ0n) is 15.1. The van der Waals surface area contributed by atoms with Crippen LogP contribution < -0.4 is 25.0 Å². The minimum atomic E-state index is 0.379. The third-order valence-corrected chi connectivity index (χ3v) is 3.55. The van der Waals surface area contributed by atoms with Crippen LogP contribution >= 0.6 is 12.2 Å². The van der Waals surface area contributed by atoms with Crippen molar-refractivity contribution < 1.29 is 14.2 Å². The quantitative estimate of drug-likeness (QED) is 0.417. The molecular formula is C19H23N3O3S. The van der Waals surface area contributed by atoms with Gasteiger partial charge in [-0.1, -0.05) is 13.0 Å². The number of nitrogens with zero attached hydrogens (tertiary/aromatic N) is 1. The summed E-state index contributed by atoms with van der Waals surface area (Å²) >= 11 is 5.23.